The highest BCUT2D eigenvalue weighted by Gasteiger charge is 2.37. The number of ether oxygens (including phenoxy) is 1. The summed E-state index contributed by atoms with van der Waals surface area (Å²) < 4.78 is 5.74. The predicted octanol–water partition coefficient (Wildman–Crippen LogP) is 6.85. The maximum Gasteiger partial charge on any atom is 0.410 e. The molecule has 41 heavy (non-hydrogen) atoms. The number of carbonyl (C=O) groups excluding carboxylic acids is 1. The second-order valence-corrected chi connectivity index (χ2v) is 12.2. The molecular weight excluding hydrogens is 536 g/mol. The van der Waals surface area contributed by atoms with Gasteiger partial charge in [0.2, 0.25) is 0 Å². The number of halogens is 1. The monoisotopic (exact) mass is 572 g/mol. The molecule has 3 aromatic carbocycles. The van der Waals surface area contributed by atoms with E-state index in [2.05, 4.69) is 53.2 Å². The zero-order valence-electron chi connectivity index (χ0n) is 24.1. The summed E-state index contributed by atoms with van der Waals surface area (Å²) in [4.78, 5) is 38.5. The summed E-state index contributed by atoms with van der Waals surface area (Å²) in [5.41, 5.74) is 3.27. The van der Waals surface area contributed by atoms with Crippen LogP contribution in [0, 0.1) is 6.92 Å². The summed E-state index contributed by atoms with van der Waals surface area (Å²) in [6.07, 6.45) is 1.21. The van der Waals surface area contributed by atoms with Crippen LogP contribution in [0.25, 0.3) is 10.9 Å². The molecule has 4 aromatic rings. The molecule has 1 aliphatic rings. The zero-order chi connectivity index (χ0) is 29.1. The van der Waals surface area contributed by atoms with E-state index in [0.717, 1.165) is 24.0 Å². The molecular formula is C33H37ClN4O3. The molecule has 8 heteroatoms. The van der Waals surface area contributed by atoms with Crippen molar-refractivity contribution >= 4 is 28.6 Å². The number of fused-ring (bicyclic) bond motifs is 1. The lowest BCUT2D eigenvalue weighted by atomic mass is 9.96. The van der Waals surface area contributed by atoms with Crippen molar-refractivity contribution in [3.05, 3.63) is 111 Å². The third-order valence-electron chi connectivity index (χ3n) is 7.49. The van der Waals surface area contributed by atoms with Crippen molar-refractivity contribution in [2.45, 2.75) is 58.2 Å². The van der Waals surface area contributed by atoms with Crippen LogP contribution in [0.5, 0.6) is 0 Å². The van der Waals surface area contributed by atoms with Crippen molar-refractivity contribution < 1.29 is 9.53 Å². The minimum atomic E-state index is -0.582. The average Bonchev–Trinajstić information content (AvgIpc) is 2.93. The zero-order valence-corrected chi connectivity index (χ0v) is 24.8. The van der Waals surface area contributed by atoms with Crippen molar-refractivity contribution in [3.8, 4) is 0 Å². The Kier molecular flexibility index (Phi) is 8.47. The lowest BCUT2D eigenvalue weighted by Gasteiger charge is -2.45. The van der Waals surface area contributed by atoms with Gasteiger partial charge < -0.3 is 14.6 Å². The highest BCUT2D eigenvalue weighted by molar-refractivity contribution is 6.31. The van der Waals surface area contributed by atoms with E-state index in [4.69, 9.17) is 21.3 Å². The molecule has 2 unspecified atom stereocenters. The van der Waals surface area contributed by atoms with E-state index in [0.29, 0.717) is 41.4 Å². The summed E-state index contributed by atoms with van der Waals surface area (Å²) in [6.45, 7) is 9.26. The second-order valence-electron chi connectivity index (χ2n) is 11.7. The number of aromatic nitrogens is 2. The quantitative estimate of drug-likeness (QED) is 0.273. The van der Waals surface area contributed by atoms with E-state index in [1.807, 2.05) is 39.0 Å². The molecule has 214 valence electrons. The second kappa shape index (κ2) is 12.0. The van der Waals surface area contributed by atoms with Gasteiger partial charge in [0.15, 0.2) is 0 Å². The topological polar surface area (TPSA) is 78.5 Å². The van der Waals surface area contributed by atoms with Gasteiger partial charge in [-0.2, -0.15) is 0 Å². The van der Waals surface area contributed by atoms with Crippen molar-refractivity contribution in [2.75, 3.05) is 19.6 Å². The lowest BCUT2D eigenvalue weighted by molar-refractivity contribution is -0.00760. The van der Waals surface area contributed by atoms with Gasteiger partial charge in [0.25, 0.3) is 5.56 Å². The first-order valence-corrected chi connectivity index (χ1v) is 14.5. The van der Waals surface area contributed by atoms with Crippen LogP contribution < -0.4 is 5.56 Å². The van der Waals surface area contributed by atoms with E-state index in [-0.39, 0.29) is 23.7 Å². The molecule has 0 spiro atoms. The van der Waals surface area contributed by atoms with Crippen molar-refractivity contribution in [1.82, 2.24) is 19.8 Å². The number of nitrogens with zero attached hydrogens (tertiary/aromatic N) is 3. The molecule has 0 aliphatic carbocycles. The Hall–Kier alpha value is -3.68. The molecule has 2 heterocycles. The first-order chi connectivity index (χ1) is 19.6. The van der Waals surface area contributed by atoms with Crippen LogP contribution in [-0.4, -0.2) is 51.1 Å². The van der Waals surface area contributed by atoms with Crippen LogP contribution in [0.3, 0.4) is 0 Å². The molecule has 0 bridgehead atoms. The van der Waals surface area contributed by atoms with Gasteiger partial charge in [-0.25, -0.2) is 9.78 Å². The van der Waals surface area contributed by atoms with E-state index < -0.39 is 5.60 Å². The number of H-pyrrole nitrogens is 1. The average molecular weight is 573 g/mol. The van der Waals surface area contributed by atoms with Gasteiger partial charge in [-0.1, -0.05) is 71.8 Å². The third-order valence-corrected chi connectivity index (χ3v) is 7.72. The van der Waals surface area contributed by atoms with E-state index >= 15 is 0 Å². The number of nitrogens with one attached hydrogen (secondary N) is 1. The fourth-order valence-corrected chi connectivity index (χ4v) is 5.61. The maximum atomic E-state index is 13.2. The third kappa shape index (κ3) is 6.97. The molecule has 1 fully saturated rings. The molecule has 1 amide bonds. The van der Waals surface area contributed by atoms with Crippen LogP contribution in [0.2, 0.25) is 5.02 Å². The van der Waals surface area contributed by atoms with Gasteiger partial charge in [-0.15, -0.1) is 0 Å². The predicted molar refractivity (Wildman–Crippen MR) is 163 cm³/mol. The Morgan fingerprint density at radius 2 is 1.80 bits per heavy atom. The fraction of sp³-hybridized carbons (Fsp3) is 0.364. The van der Waals surface area contributed by atoms with Crippen LogP contribution in [0.15, 0.2) is 77.6 Å². The van der Waals surface area contributed by atoms with Gasteiger partial charge in [0.1, 0.15) is 11.4 Å². The normalized spacial score (nSPS) is 17.0. The first-order valence-electron chi connectivity index (χ1n) is 14.1. The number of amides is 1. The Morgan fingerprint density at radius 3 is 2.51 bits per heavy atom. The minimum Gasteiger partial charge on any atom is -0.444 e. The SMILES string of the molecule is Cc1ccc(C2CN(C(=O)OC(C)(C)C)CCN2C(CCc2ccccc2)c2nc3cc(Cl)ccc3c(=O)[nH]2)cc1. The van der Waals surface area contributed by atoms with Crippen LogP contribution in [-0.2, 0) is 11.2 Å². The highest BCUT2D eigenvalue weighted by Crippen LogP contribution is 2.36. The number of benzene rings is 3. The van der Waals surface area contributed by atoms with Crippen molar-refractivity contribution in [2.24, 2.45) is 0 Å². The van der Waals surface area contributed by atoms with E-state index in [9.17, 15) is 9.59 Å². The smallest absolute Gasteiger partial charge is 0.410 e. The van der Waals surface area contributed by atoms with Gasteiger partial charge in [0, 0.05) is 24.7 Å². The number of aryl methyl sites for hydroxylation is 2. The Morgan fingerprint density at radius 1 is 1.07 bits per heavy atom. The summed E-state index contributed by atoms with van der Waals surface area (Å²) in [5.74, 6) is 0.600. The van der Waals surface area contributed by atoms with E-state index in [1.54, 1.807) is 23.1 Å². The summed E-state index contributed by atoms with van der Waals surface area (Å²) in [5, 5.41) is 1.04. The Bertz CT molecular complexity index is 1560. The minimum absolute atomic E-state index is 0.127. The largest absolute Gasteiger partial charge is 0.444 e. The molecule has 2 atom stereocenters. The molecule has 1 aliphatic heterocycles. The summed E-state index contributed by atoms with van der Waals surface area (Å²) in [7, 11) is 0. The summed E-state index contributed by atoms with van der Waals surface area (Å²) in [6, 6.07) is 23.6. The first kappa shape index (κ1) is 28.8. The fourth-order valence-electron chi connectivity index (χ4n) is 5.44. The van der Waals surface area contributed by atoms with Crippen LogP contribution in [0.1, 0.15) is 61.8 Å². The molecule has 0 radical (unpaired) electrons. The van der Waals surface area contributed by atoms with Gasteiger partial charge in [0.05, 0.1) is 23.0 Å². The summed E-state index contributed by atoms with van der Waals surface area (Å²) >= 11 is 6.29. The standard InChI is InChI=1S/C33H37ClN4O3/c1-22-10-13-24(14-11-22)29-21-37(32(40)41-33(2,3)4)18-19-38(29)28(17-12-23-8-6-5-7-9-23)30-35-27-20-25(34)15-16-26(27)31(39)36-30/h5-11,13-16,20,28-29H,12,17-19,21H2,1-4H3,(H,35,36,39). The number of rotatable bonds is 6. The molecule has 1 N–H and O–H groups in total. The van der Waals surface area contributed by atoms with Crippen LogP contribution in [0.4, 0.5) is 4.79 Å². The van der Waals surface area contributed by atoms with Crippen molar-refractivity contribution in [1.29, 1.82) is 0 Å². The number of carbonyl (C=O) groups is 1. The molecule has 1 saturated heterocycles. The Labute approximate surface area is 246 Å². The maximum absolute atomic E-state index is 13.2. The molecule has 7 nitrogen and oxygen atoms in total. The van der Waals surface area contributed by atoms with Gasteiger partial charge in [-0.3, -0.25) is 9.69 Å². The highest BCUT2D eigenvalue weighted by atomic mass is 35.5. The molecule has 5 rings (SSSR count). The molecule has 1 aromatic heterocycles. The number of piperazine rings is 1. The lowest BCUT2D eigenvalue weighted by Crippen LogP contribution is -2.52. The number of hydrogen-bond donors (Lipinski definition) is 1. The van der Waals surface area contributed by atoms with E-state index in [1.165, 1.54) is 5.56 Å². The molecule has 0 saturated carbocycles. The number of aromatic amines is 1. The van der Waals surface area contributed by atoms with Gasteiger partial charge in [-0.05, 0) is 69.9 Å². The van der Waals surface area contributed by atoms with Crippen LogP contribution >= 0.6 is 11.6 Å². The van der Waals surface area contributed by atoms with Gasteiger partial charge >= 0.3 is 6.09 Å². The number of hydrogen-bond acceptors (Lipinski definition) is 5. The van der Waals surface area contributed by atoms with Crippen molar-refractivity contribution in [3.63, 3.8) is 0 Å². The Balaban J connectivity index is 1.56.